The maximum absolute atomic E-state index is 9.81. The lowest BCUT2D eigenvalue weighted by Gasteiger charge is -2.39. The minimum atomic E-state index is 0. The van der Waals surface area contributed by atoms with Crippen molar-refractivity contribution in [3.8, 4) is 0 Å². The van der Waals surface area contributed by atoms with Crippen molar-refractivity contribution >= 4 is 5.78 Å². The molecular formula is C40H64N2O. The maximum atomic E-state index is 9.81. The van der Waals surface area contributed by atoms with Crippen LogP contribution in [0.25, 0.3) is 0 Å². The standard InChI is InChI=1S/C36H54N2.C4H8O.H2/c1-3-30-17-18-34-27-33(26-30)21-25-38(35-19-13-29(2)14-20-35)36(34)28-32-12-9-11-31(15-16-32)10-5-8-24-37-22-6-4-7-23-37;1-3-4(2)5;/h5,10,12-13,15-16,19,26,31,33-34,36H,3-4,6-9,11,14,17-18,20-25,27-28H2,1-2H3;3H2,1-2H3;1H/b10-5-;;/t31-,33?,34+,36?;;/m0../s1. The van der Waals surface area contributed by atoms with Crippen molar-refractivity contribution in [3.63, 3.8) is 0 Å². The number of nitrogens with zero attached hydrogens (tertiary/aromatic N) is 2. The van der Waals surface area contributed by atoms with Crippen LogP contribution in [0.3, 0.4) is 0 Å². The number of hydrogen-bond acceptors (Lipinski definition) is 3. The number of ketones is 1. The molecule has 240 valence electrons. The number of carbonyl (C=O) groups excluding carboxylic acids is 1. The predicted molar refractivity (Wildman–Crippen MR) is 187 cm³/mol. The molecule has 0 aromatic heterocycles. The zero-order chi connectivity index (χ0) is 30.4. The molecule has 2 saturated heterocycles. The van der Waals surface area contributed by atoms with Crippen LogP contribution in [-0.4, -0.2) is 47.8 Å². The zero-order valence-corrected chi connectivity index (χ0v) is 28.2. The van der Waals surface area contributed by atoms with E-state index in [1.807, 2.05) is 6.92 Å². The molecular weight excluding hydrogens is 524 g/mol. The SMILES string of the molecule is CCC(C)=O.CCC1=CC2CCN(C3=CC=C(C)CC3)C(CC3=CCC[C@H](/C=C\CCN4CCCCC4)C=C3)[C@H](CC1)C2.[HH]. The predicted octanol–water partition coefficient (Wildman–Crippen LogP) is 10.4. The van der Waals surface area contributed by atoms with Gasteiger partial charge >= 0.3 is 0 Å². The highest BCUT2D eigenvalue weighted by molar-refractivity contribution is 5.74. The average molecular weight is 589 g/mol. The average Bonchev–Trinajstić information content (AvgIpc) is 3.45. The molecule has 2 bridgehead atoms. The van der Waals surface area contributed by atoms with Gasteiger partial charge in [0.25, 0.3) is 0 Å². The van der Waals surface area contributed by atoms with E-state index in [0.29, 0.717) is 18.4 Å². The third kappa shape index (κ3) is 11.1. The van der Waals surface area contributed by atoms with Crippen molar-refractivity contribution in [2.75, 3.05) is 26.2 Å². The first-order valence-electron chi connectivity index (χ1n) is 18.0. The molecule has 5 rings (SSSR count). The highest BCUT2D eigenvalue weighted by atomic mass is 16.1. The van der Waals surface area contributed by atoms with Crippen LogP contribution in [0.2, 0.25) is 0 Å². The van der Waals surface area contributed by atoms with E-state index >= 15 is 0 Å². The summed E-state index contributed by atoms with van der Waals surface area (Å²) in [5, 5.41) is 0. The lowest BCUT2D eigenvalue weighted by Crippen LogP contribution is -2.40. The number of fused-ring (bicyclic) bond motifs is 2. The van der Waals surface area contributed by atoms with E-state index in [1.165, 1.54) is 122 Å². The molecule has 0 radical (unpaired) electrons. The molecule has 43 heavy (non-hydrogen) atoms. The maximum Gasteiger partial charge on any atom is 0.129 e. The van der Waals surface area contributed by atoms with Gasteiger partial charge in [-0.1, -0.05) is 79.5 Å². The molecule has 0 N–H and O–H groups in total. The molecule has 4 atom stereocenters. The van der Waals surface area contributed by atoms with Crippen LogP contribution in [0, 0.1) is 17.8 Å². The summed E-state index contributed by atoms with van der Waals surface area (Å²) in [5.41, 5.74) is 6.47. The molecule has 3 nitrogen and oxygen atoms in total. The van der Waals surface area contributed by atoms with Crippen molar-refractivity contribution in [2.45, 2.75) is 130 Å². The van der Waals surface area contributed by atoms with Crippen LogP contribution >= 0.6 is 0 Å². The number of likely N-dealkylation sites (tertiary alicyclic amines) is 2. The summed E-state index contributed by atoms with van der Waals surface area (Å²) in [6.07, 6.45) is 39.1. The van der Waals surface area contributed by atoms with E-state index in [2.05, 4.69) is 72.3 Å². The summed E-state index contributed by atoms with van der Waals surface area (Å²) < 4.78 is 0. The third-order valence-electron chi connectivity index (χ3n) is 10.6. The first-order valence-corrected chi connectivity index (χ1v) is 18.0. The van der Waals surface area contributed by atoms with Gasteiger partial charge in [0, 0.05) is 32.7 Å². The minimum absolute atomic E-state index is 0. The van der Waals surface area contributed by atoms with Crippen LogP contribution < -0.4 is 0 Å². The Balaban J connectivity index is 0.000000817. The normalized spacial score (nSPS) is 28.4. The summed E-state index contributed by atoms with van der Waals surface area (Å²) >= 11 is 0. The minimum Gasteiger partial charge on any atom is -0.371 e. The van der Waals surface area contributed by atoms with Crippen LogP contribution in [-0.2, 0) is 4.79 Å². The fourth-order valence-electron chi connectivity index (χ4n) is 7.67. The van der Waals surface area contributed by atoms with Gasteiger partial charge in [0.05, 0.1) is 0 Å². The fraction of sp³-hybridized carbons (Fsp3) is 0.675. The molecule has 0 amide bonds. The molecule has 2 unspecified atom stereocenters. The van der Waals surface area contributed by atoms with Gasteiger partial charge in [-0.05, 0) is 134 Å². The second-order valence-corrected chi connectivity index (χ2v) is 14.0. The van der Waals surface area contributed by atoms with Crippen molar-refractivity contribution in [3.05, 3.63) is 71.0 Å². The largest absolute Gasteiger partial charge is 0.371 e. The number of hydrogen-bond donors (Lipinski definition) is 0. The van der Waals surface area contributed by atoms with E-state index in [-0.39, 0.29) is 7.21 Å². The zero-order valence-electron chi connectivity index (χ0n) is 28.2. The van der Waals surface area contributed by atoms with Crippen molar-refractivity contribution < 1.29 is 6.22 Å². The summed E-state index contributed by atoms with van der Waals surface area (Å²) in [5.74, 6) is 2.44. The molecule has 3 heteroatoms. The van der Waals surface area contributed by atoms with E-state index in [0.717, 1.165) is 11.8 Å². The lowest BCUT2D eigenvalue weighted by molar-refractivity contribution is -0.116. The van der Waals surface area contributed by atoms with Gasteiger partial charge in [-0.15, -0.1) is 0 Å². The second kappa shape index (κ2) is 18.0. The highest BCUT2D eigenvalue weighted by Crippen LogP contribution is 2.41. The van der Waals surface area contributed by atoms with Crippen LogP contribution in [0.15, 0.2) is 71.0 Å². The topological polar surface area (TPSA) is 23.6 Å². The molecule has 2 heterocycles. The number of rotatable bonds is 9. The molecule has 0 aromatic carbocycles. The Labute approximate surface area is 266 Å². The Bertz CT molecular complexity index is 1070. The fourth-order valence-corrected chi connectivity index (χ4v) is 7.67. The van der Waals surface area contributed by atoms with Gasteiger partial charge in [0.1, 0.15) is 5.78 Å². The Hall–Kier alpha value is -2.13. The monoisotopic (exact) mass is 589 g/mol. The third-order valence-corrected chi connectivity index (χ3v) is 10.6. The van der Waals surface area contributed by atoms with Crippen LogP contribution in [0.4, 0.5) is 0 Å². The molecule has 5 aliphatic rings. The Kier molecular flexibility index (Phi) is 14.1. The van der Waals surface area contributed by atoms with Gasteiger partial charge in [-0.25, -0.2) is 0 Å². The quantitative estimate of drug-likeness (QED) is 0.250. The molecule has 3 aliphatic carbocycles. The van der Waals surface area contributed by atoms with E-state index < -0.39 is 0 Å². The van der Waals surface area contributed by atoms with Gasteiger partial charge in [-0.3, -0.25) is 0 Å². The summed E-state index contributed by atoms with van der Waals surface area (Å²) in [4.78, 5) is 15.4. The highest BCUT2D eigenvalue weighted by Gasteiger charge is 2.35. The Morgan fingerprint density at radius 2 is 1.84 bits per heavy atom. The summed E-state index contributed by atoms with van der Waals surface area (Å²) in [6, 6.07) is 0.648. The summed E-state index contributed by atoms with van der Waals surface area (Å²) in [6.45, 7) is 13.2. The van der Waals surface area contributed by atoms with E-state index in [1.54, 1.807) is 23.8 Å². The van der Waals surface area contributed by atoms with E-state index in [9.17, 15) is 4.79 Å². The number of piperidine rings is 1. The molecule has 0 aromatic rings. The van der Waals surface area contributed by atoms with Crippen LogP contribution in [0.1, 0.15) is 125 Å². The van der Waals surface area contributed by atoms with Crippen molar-refractivity contribution in [1.82, 2.24) is 9.80 Å². The summed E-state index contributed by atoms with van der Waals surface area (Å²) in [7, 11) is 0. The lowest BCUT2D eigenvalue weighted by atomic mass is 9.84. The second-order valence-electron chi connectivity index (χ2n) is 14.0. The Morgan fingerprint density at radius 3 is 2.56 bits per heavy atom. The van der Waals surface area contributed by atoms with Crippen molar-refractivity contribution in [1.29, 1.82) is 0 Å². The van der Waals surface area contributed by atoms with Crippen molar-refractivity contribution in [2.24, 2.45) is 17.8 Å². The molecule has 0 spiro atoms. The van der Waals surface area contributed by atoms with Gasteiger partial charge in [0.15, 0.2) is 0 Å². The molecule has 0 saturated carbocycles. The van der Waals surface area contributed by atoms with Crippen LogP contribution in [0.5, 0.6) is 0 Å². The first-order chi connectivity index (χ1) is 20.9. The first kappa shape index (κ1) is 33.8. The Morgan fingerprint density at radius 1 is 1.02 bits per heavy atom. The van der Waals surface area contributed by atoms with Gasteiger partial charge in [0.2, 0.25) is 0 Å². The number of Topliss-reactive ketones (excluding diaryl/α,β-unsaturated/α-hetero) is 1. The molecule has 2 fully saturated rings. The number of allylic oxidation sites excluding steroid dienone is 10. The smallest absolute Gasteiger partial charge is 0.129 e. The molecule has 2 aliphatic heterocycles. The number of carbonyl (C=O) groups is 1. The van der Waals surface area contributed by atoms with Gasteiger partial charge in [-0.2, -0.15) is 0 Å². The van der Waals surface area contributed by atoms with Gasteiger partial charge < -0.3 is 14.6 Å². The van der Waals surface area contributed by atoms with E-state index in [4.69, 9.17) is 0 Å².